The van der Waals surface area contributed by atoms with Crippen LogP contribution in [0.15, 0.2) is 40.0 Å². The zero-order valence-electron chi connectivity index (χ0n) is 9.83. The van der Waals surface area contributed by atoms with Crippen molar-refractivity contribution in [2.75, 3.05) is 12.9 Å². The molecule has 0 aliphatic heterocycles. The van der Waals surface area contributed by atoms with Gasteiger partial charge in [0.15, 0.2) is 0 Å². The van der Waals surface area contributed by atoms with E-state index in [1.54, 1.807) is 0 Å². The van der Waals surface area contributed by atoms with Crippen molar-refractivity contribution < 1.29 is 13.9 Å². The zero-order valence-corrected chi connectivity index (χ0v) is 10.6. The Morgan fingerprint density at radius 2 is 2.11 bits per heavy atom. The number of thioether (sulfide) groups is 1. The Kier molecular flexibility index (Phi) is 4.35. The number of ether oxygens (including phenoxy) is 1. The van der Waals surface area contributed by atoms with Crippen LogP contribution in [0.2, 0.25) is 0 Å². The topological polar surface area (TPSA) is 65.2 Å². The molecular weight excluding hydrogens is 252 g/mol. The molecule has 18 heavy (non-hydrogen) atoms. The molecule has 0 N–H and O–H groups in total. The first kappa shape index (κ1) is 12.6. The molecular formula is C12H12N2O3S. The summed E-state index contributed by atoms with van der Waals surface area (Å²) in [6, 6.07) is 9.85. The molecule has 0 aliphatic rings. The fourth-order valence-electron chi connectivity index (χ4n) is 1.32. The van der Waals surface area contributed by atoms with Gasteiger partial charge in [-0.2, -0.15) is 0 Å². The van der Waals surface area contributed by atoms with E-state index >= 15 is 0 Å². The summed E-state index contributed by atoms with van der Waals surface area (Å²) in [5, 5.41) is 8.16. The molecule has 0 atom stereocenters. The van der Waals surface area contributed by atoms with Gasteiger partial charge in [-0.05, 0) is 5.56 Å². The van der Waals surface area contributed by atoms with Gasteiger partial charge in [0.2, 0.25) is 5.89 Å². The maximum atomic E-state index is 11.0. The summed E-state index contributed by atoms with van der Waals surface area (Å²) in [5.74, 6) is 0.389. The third-order valence-corrected chi connectivity index (χ3v) is 2.98. The summed E-state index contributed by atoms with van der Waals surface area (Å²) in [6.45, 7) is 0. The molecule has 0 bridgehead atoms. The van der Waals surface area contributed by atoms with Crippen LogP contribution in [0.1, 0.15) is 11.5 Å². The number of hydrogen-bond donors (Lipinski definition) is 0. The van der Waals surface area contributed by atoms with Gasteiger partial charge in [0.25, 0.3) is 5.22 Å². The van der Waals surface area contributed by atoms with Crippen LogP contribution in [0.5, 0.6) is 0 Å². The van der Waals surface area contributed by atoms with Gasteiger partial charge in [0, 0.05) is 0 Å². The molecule has 0 amide bonds. The molecule has 1 aromatic heterocycles. The minimum atomic E-state index is -0.317. The van der Waals surface area contributed by atoms with Crippen LogP contribution in [-0.4, -0.2) is 29.0 Å². The van der Waals surface area contributed by atoms with Crippen LogP contribution in [-0.2, 0) is 16.0 Å². The largest absolute Gasteiger partial charge is 0.468 e. The van der Waals surface area contributed by atoms with Crippen molar-refractivity contribution >= 4 is 17.7 Å². The zero-order chi connectivity index (χ0) is 12.8. The Bertz CT molecular complexity index is 513. The van der Waals surface area contributed by atoms with E-state index in [1.807, 2.05) is 30.3 Å². The number of esters is 1. The molecule has 2 aromatic rings. The van der Waals surface area contributed by atoms with E-state index in [0.717, 1.165) is 5.56 Å². The second-order valence-electron chi connectivity index (χ2n) is 3.49. The van der Waals surface area contributed by atoms with Crippen LogP contribution < -0.4 is 0 Å². The molecule has 0 aliphatic carbocycles. The lowest BCUT2D eigenvalue weighted by molar-refractivity contribution is -0.137. The van der Waals surface area contributed by atoms with Crippen molar-refractivity contribution in [3.05, 3.63) is 41.8 Å². The fourth-order valence-corrected chi connectivity index (χ4v) is 1.93. The van der Waals surface area contributed by atoms with Crippen LogP contribution in [0.3, 0.4) is 0 Å². The second kappa shape index (κ2) is 6.20. The molecule has 1 heterocycles. The predicted molar refractivity (Wildman–Crippen MR) is 66.3 cm³/mol. The highest BCUT2D eigenvalue weighted by Gasteiger charge is 2.09. The van der Waals surface area contributed by atoms with E-state index in [4.69, 9.17) is 4.42 Å². The lowest BCUT2D eigenvalue weighted by atomic mass is 10.2. The molecule has 5 nitrogen and oxygen atoms in total. The van der Waals surface area contributed by atoms with Crippen molar-refractivity contribution in [3.8, 4) is 0 Å². The number of rotatable bonds is 5. The maximum Gasteiger partial charge on any atom is 0.316 e. The Morgan fingerprint density at radius 3 is 2.83 bits per heavy atom. The van der Waals surface area contributed by atoms with Gasteiger partial charge >= 0.3 is 5.97 Å². The molecule has 1 aromatic carbocycles. The fraction of sp³-hybridized carbons (Fsp3) is 0.250. The molecule has 6 heteroatoms. The van der Waals surface area contributed by atoms with Crippen LogP contribution in [0.4, 0.5) is 0 Å². The molecule has 94 valence electrons. The minimum absolute atomic E-state index is 0.170. The Morgan fingerprint density at radius 1 is 1.33 bits per heavy atom. The predicted octanol–water partition coefficient (Wildman–Crippen LogP) is 1.93. The Labute approximate surface area is 109 Å². The van der Waals surface area contributed by atoms with Gasteiger partial charge in [0.05, 0.1) is 13.5 Å². The SMILES string of the molecule is COC(=O)CSc1nnc(Cc2ccccc2)o1. The summed E-state index contributed by atoms with van der Waals surface area (Å²) in [6.07, 6.45) is 0.590. The Balaban J connectivity index is 1.92. The van der Waals surface area contributed by atoms with E-state index in [1.165, 1.54) is 18.9 Å². The van der Waals surface area contributed by atoms with E-state index in [0.29, 0.717) is 17.5 Å². The number of nitrogens with zero attached hydrogens (tertiary/aromatic N) is 2. The van der Waals surface area contributed by atoms with Gasteiger partial charge in [-0.25, -0.2) is 0 Å². The molecule has 0 radical (unpaired) electrons. The normalized spacial score (nSPS) is 10.3. The standard InChI is InChI=1S/C12H12N2O3S/c1-16-11(15)8-18-12-14-13-10(17-12)7-9-5-3-2-4-6-9/h2-6H,7-8H2,1H3. The highest BCUT2D eigenvalue weighted by atomic mass is 32.2. The van der Waals surface area contributed by atoms with Gasteiger partial charge in [-0.3, -0.25) is 4.79 Å². The highest BCUT2D eigenvalue weighted by Crippen LogP contribution is 2.17. The Hall–Kier alpha value is -1.82. The van der Waals surface area contributed by atoms with Gasteiger partial charge in [-0.15, -0.1) is 10.2 Å². The number of hydrogen-bond acceptors (Lipinski definition) is 6. The van der Waals surface area contributed by atoms with Crippen LogP contribution in [0.25, 0.3) is 0 Å². The molecule has 2 rings (SSSR count). The first-order valence-corrected chi connectivity index (χ1v) is 6.32. The first-order chi connectivity index (χ1) is 8.78. The number of methoxy groups -OCH3 is 1. The van der Waals surface area contributed by atoms with E-state index < -0.39 is 0 Å². The summed E-state index contributed by atoms with van der Waals surface area (Å²) >= 11 is 1.17. The monoisotopic (exact) mass is 264 g/mol. The number of carbonyl (C=O) groups excluding carboxylic acids is 1. The maximum absolute atomic E-state index is 11.0. The van der Waals surface area contributed by atoms with Crippen LogP contribution >= 0.6 is 11.8 Å². The first-order valence-electron chi connectivity index (χ1n) is 5.34. The van der Waals surface area contributed by atoms with Crippen molar-refractivity contribution in [2.24, 2.45) is 0 Å². The molecule has 0 unspecified atom stereocenters. The van der Waals surface area contributed by atoms with Gasteiger partial charge in [0.1, 0.15) is 5.75 Å². The lowest BCUT2D eigenvalue weighted by Crippen LogP contribution is -2.02. The van der Waals surface area contributed by atoms with Crippen molar-refractivity contribution in [1.82, 2.24) is 10.2 Å². The van der Waals surface area contributed by atoms with Crippen LogP contribution in [0, 0.1) is 0 Å². The molecule has 0 spiro atoms. The third-order valence-electron chi connectivity index (χ3n) is 2.19. The minimum Gasteiger partial charge on any atom is -0.468 e. The van der Waals surface area contributed by atoms with Crippen molar-refractivity contribution in [1.29, 1.82) is 0 Å². The molecule has 0 saturated carbocycles. The molecule has 0 fully saturated rings. The quantitative estimate of drug-likeness (QED) is 0.607. The van der Waals surface area contributed by atoms with E-state index in [9.17, 15) is 4.79 Å². The number of benzene rings is 1. The summed E-state index contributed by atoms with van der Waals surface area (Å²) in [4.78, 5) is 11.0. The molecule has 0 saturated heterocycles. The van der Waals surface area contributed by atoms with Crippen molar-refractivity contribution in [2.45, 2.75) is 11.6 Å². The average molecular weight is 264 g/mol. The smallest absolute Gasteiger partial charge is 0.316 e. The van der Waals surface area contributed by atoms with Gasteiger partial charge < -0.3 is 9.15 Å². The lowest BCUT2D eigenvalue weighted by Gasteiger charge is -1.95. The number of aromatic nitrogens is 2. The highest BCUT2D eigenvalue weighted by molar-refractivity contribution is 7.99. The average Bonchev–Trinajstić information content (AvgIpc) is 2.85. The van der Waals surface area contributed by atoms with E-state index in [2.05, 4.69) is 14.9 Å². The second-order valence-corrected chi connectivity index (χ2v) is 4.42. The van der Waals surface area contributed by atoms with E-state index in [-0.39, 0.29) is 11.7 Å². The summed E-state index contributed by atoms with van der Waals surface area (Å²) in [5.41, 5.74) is 1.10. The third kappa shape index (κ3) is 3.59. The van der Waals surface area contributed by atoms with Gasteiger partial charge in [-0.1, -0.05) is 42.1 Å². The number of carbonyl (C=O) groups is 1. The van der Waals surface area contributed by atoms with Crippen molar-refractivity contribution in [3.63, 3.8) is 0 Å². The summed E-state index contributed by atoms with van der Waals surface area (Å²) in [7, 11) is 1.34. The summed E-state index contributed by atoms with van der Waals surface area (Å²) < 4.78 is 9.94.